The topological polar surface area (TPSA) is 73.2 Å². The summed E-state index contributed by atoms with van der Waals surface area (Å²) in [6.07, 6.45) is 0. The number of hydrogen-bond acceptors (Lipinski definition) is 4. The first-order valence-electron chi connectivity index (χ1n) is 6.67. The molecule has 21 heavy (non-hydrogen) atoms. The lowest BCUT2D eigenvalue weighted by atomic mass is 10.1. The Kier molecular flexibility index (Phi) is 3.39. The van der Waals surface area contributed by atoms with Crippen LogP contribution in [0.2, 0.25) is 0 Å². The SMILES string of the molecule is COc1ccc(COc2ccc3c(N)n[nH]c3c2)cc1C. The number of nitrogens with zero attached hydrogens (tertiary/aromatic N) is 1. The number of nitrogens with two attached hydrogens (primary N) is 1. The second kappa shape index (κ2) is 5.36. The average Bonchev–Trinajstić information content (AvgIpc) is 2.86. The molecule has 0 fully saturated rings. The molecule has 0 spiro atoms. The summed E-state index contributed by atoms with van der Waals surface area (Å²) in [5, 5.41) is 7.75. The van der Waals surface area contributed by atoms with Gasteiger partial charge in [-0.25, -0.2) is 0 Å². The van der Waals surface area contributed by atoms with Crippen molar-refractivity contribution in [2.75, 3.05) is 12.8 Å². The van der Waals surface area contributed by atoms with Gasteiger partial charge in [-0.05, 0) is 42.3 Å². The molecule has 5 heteroatoms. The monoisotopic (exact) mass is 283 g/mol. The van der Waals surface area contributed by atoms with Gasteiger partial charge in [0.2, 0.25) is 0 Å². The standard InChI is InChI=1S/C16H17N3O2/c1-10-7-11(3-6-15(10)20-2)9-21-12-4-5-13-14(8-12)18-19-16(13)17/h3-8H,9H2,1-2H3,(H3,17,18,19). The Balaban J connectivity index is 1.75. The fourth-order valence-electron chi connectivity index (χ4n) is 2.31. The summed E-state index contributed by atoms with van der Waals surface area (Å²) in [7, 11) is 1.67. The van der Waals surface area contributed by atoms with Gasteiger partial charge in [0.1, 0.15) is 18.1 Å². The number of rotatable bonds is 4. The number of nitrogen functional groups attached to an aromatic ring is 1. The predicted molar refractivity (Wildman–Crippen MR) is 82.6 cm³/mol. The Bertz CT molecular complexity index is 780. The summed E-state index contributed by atoms with van der Waals surface area (Å²) >= 11 is 0. The number of methoxy groups -OCH3 is 1. The zero-order valence-corrected chi connectivity index (χ0v) is 12.0. The summed E-state index contributed by atoms with van der Waals surface area (Å²) in [6.45, 7) is 2.52. The molecule has 0 amide bonds. The maximum Gasteiger partial charge on any atom is 0.153 e. The molecule has 0 bridgehead atoms. The van der Waals surface area contributed by atoms with Crippen LogP contribution in [0.1, 0.15) is 11.1 Å². The van der Waals surface area contributed by atoms with Gasteiger partial charge in [0, 0.05) is 11.5 Å². The number of nitrogens with one attached hydrogen (secondary N) is 1. The number of hydrogen-bond donors (Lipinski definition) is 2. The van der Waals surface area contributed by atoms with Crippen LogP contribution in [0.3, 0.4) is 0 Å². The zero-order chi connectivity index (χ0) is 14.8. The molecule has 3 N–H and O–H groups in total. The molecular formula is C16H17N3O2. The smallest absolute Gasteiger partial charge is 0.153 e. The fraction of sp³-hybridized carbons (Fsp3) is 0.188. The third kappa shape index (κ3) is 2.63. The lowest BCUT2D eigenvalue weighted by molar-refractivity contribution is 0.306. The van der Waals surface area contributed by atoms with Crippen LogP contribution in [0.25, 0.3) is 10.9 Å². The van der Waals surface area contributed by atoms with Crippen LogP contribution < -0.4 is 15.2 Å². The van der Waals surface area contributed by atoms with Crippen molar-refractivity contribution in [1.29, 1.82) is 0 Å². The molecule has 0 saturated heterocycles. The number of H-pyrrole nitrogens is 1. The Morgan fingerprint density at radius 2 is 2.05 bits per heavy atom. The fourth-order valence-corrected chi connectivity index (χ4v) is 2.31. The Labute approximate surface area is 122 Å². The van der Waals surface area contributed by atoms with E-state index in [0.717, 1.165) is 33.5 Å². The second-order valence-corrected chi connectivity index (χ2v) is 4.91. The number of ether oxygens (including phenoxy) is 2. The number of aromatic nitrogens is 2. The van der Waals surface area contributed by atoms with E-state index in [-0.39, 0.29) is 0 Å². The van der Waals surface area contributed by atoms with Crippen molar-refractivity contribution >= 4 is 16.7 Å². The number of benzene rings is 2. The van der Waals surface area contributed by atoms with Crippen LogP contribution in [0.5, 0.6) is 11.5 Å². The molecule has 0 atom stereocenters. The number of anilines is 1. The summed E-state index contributed by atoms with van der Waals surface area (Å²) in [5.74, 6) is 2.16. The highest BCUT2D eigenvalue weighted by Gasteiger charge is 2.05. The molecule has 108 valence electrons. The molecule has 1 aromatic heterocycles. The van der Waals surface area contributed by atoms with Crippen LogP contribution in [0.15, 0.2) is 36.4 Å². The van der Waals surface area contributed by atoms with E-state index in [0.29, 0.717) is 12.4 Å². The minimum absolute atomic E-state index is 0.500. The second-order valence-electron chi connectivity index (χ2n) is 4.91. The van der Waals surface area contributed by atoms with E-state index in [9.17, 15) is 0 Å². The van der Waals surface area contributed by atoms with E-state index in [2.05, 4.69) is 16.3 Å². The largest absolute Gasteiger partial charge is 0.496 e. The van der Waals surface area contributed by atoms with Crippen molar-refractivity contribution in [1.82, 2.24) is 10.2 Å². The van der Waals surface area contributed by atoms with E-state index in [1.54, 1.807) is 7.11 Å². The van der Waals surface area contributed by atoms with E-state index < -0.39 is 0 Å². The summed E-state index contributed by atoms with van der Waals surface area (Å²) in [4.78, 5) is 0. The molecule has 3 rings (SSSR count). The van der Waals surface area contributed by atoms with Crippen LogP contribution in [-0.4, -0.2) is 17.3 Å². The van der Waals surface area contributed by atoms with Gasteiger partial charge >= 0.3 is 0 Å². The van der Waals surface area contributed by atoms with Crippen LogP contribution in [0.4, 0.5) is 5.82 Å². The van der Waals surface area contributed by atoms with E-state index in [1.165, 1.54) is 0 Å². The molecule has 0 aliphatic rings. The summed E-state index contributed by atoms with van der Waals surface area (Å²) in [5.41, 5.74) is 8.80. The normalized spacial score (nSPS) is 10.8. The van der Waals surface area contributed by atoms with Crippen LogP contribution in [-0.2, 0) is 6.61 Å². The third-order valence-electron chi connectivity index (χ3n) is 3.43. The quantitative estimate of drug-likeness (QED) is 0.772. The number of aryl methyl sites for hydroxylation is 1. The number of fused-ring (bicyclic) bond motifs is 1. The Morgan fingerprint density at radius 3 is 2.81 bits per heavy atom. The van der Waals surface area contributed by atoms with Crippen LogP contribution in [0, 0.1) is 6.92 Å². The molecule has 1 heterocycles. The van der Waals surface area contributed by atoms with E-state index in [1.807, 2.05) is 37.3 Å². The highest BCUT2D eigenvalue weighted by Crippen LogP contribution is 2.24. The molecule has 3 aromatic rings. The van der Waals surface area contributed by atoms with Gasteiger partial charge in [-0.1, -0.05) is 6.07 Å². The maximum atomic E-state index is 5.81. The first kappa shape index (κ1) is 13.3. The first-order chi connectivity index (χ1) is 10.2. The van der Waals surface area contributed by atoms with Crippen LogP contribution >= 0.6 is 0 Å². The molecule has 0 unspecified atom stereocenters. The Morgan fingerprint density at radius 1 is 1.19 bits per heavy atom. The van der Waals surface area contributed by atoms with E-state index in [4.69, 9.17) is 15.2 Å². The molecular weight excluding hydrogens is 266 g/mol. The highest BCUT2D eigenvalue weighted by atomic mass is 16.5. The van der Waals surface area contributed by atoms with Crippen molar-refractivity contribution in [3.63, 3.8) is 0 Å². The van der Waals surface area contributed by atoms with Crippen molar-refractivity contribution in [2.45, 2.75) is 13.5 Å². The van der Waals surface area contributed by atoms with Gasteiger partial charge < -0.3 is 15.2 Å². The van der Waals surface area contributed by atoms with Gasteiger partial charge in [0.25, 0.3) is 0 Å². The minimum Gasteiger partial charge on any atom is -0.496 e. The molecule has 2 aromatic carbocycles. The molecule has 5 nitrogen and oxygen atoms in total. The molecule has 0 radical (unpaired) electrons. The van der Waals surface area contributed by atoms with Gasteiger partial charge in [0.15, 0.2) is 5.82 Å². The van der Waals surface area contributed by atoms with Gasteiger partial charge in [-0.15, -0.1) is 0 Å². The summed E-state index contributed by atoms with van der Waals surface area (Å²) in [6, 6.07) is 11.7. The van der Waals surface area contributed by atoms with Gasteiger partial charge in [0.05, 0.1) is 12.6 Å². The van der Waals surface area contributed by atoms with Crippen molar-refractivity contribution in [2.24, 2.45) is 0 Å². The van der Waals surface area contributed by atoms with Gasteiger partial charge in [-0.2, -0.15) is 5.10 Å². The highest BCUT2D eigenvalue weighted by molar-refractivity contribution is 5.89. The van der Waals surface area contributed by atoms with Crippen molar-refractivity contribution in [3.05, 3.63) is 47.5 Å². The minimum atomic E-state index is 0.500. The molecule has 0 aliphatic heterocycles. The third-order valence-corrected chi connectivity index (χ3v) is 3.43. The number of aromatic amines is 1. The zero-order valence-electron chi connectivity index (χ0n) is 12.0. The van der Waals surface area contributed by atoms with Gasteiger partial charge in [-0.3, -0.25) is 5.10 Å². The molecule has 0 saturated carbocycles. The predicted octanol–water partition coefficient (Wildman–Crippen LogP) is 3.04. The molecule has 0 aliphatic carbocycles. The average molecular weight is 283 g/mol. The first-order valence-corrected chi connectivity index (χ1v) is 6.67. The summed E-state index contributed by atoms with van der Waals surface area (Å²) < 4.78 is 11.1. The maximum absolute atomic E-state index is 5.81. The van der Waals surface area contributed by atoms with E-state index >= 15 is 0 Å². The lowest BCUT2D eigenvalue weighted by Crippen LogP contribution is -1.97. The van der Waals surface area contributed by atoms with Crippen molar-refractivity contribution in [3.8, 4) is 11.5 Å². The Hall–Kier alpha value is -2.69. The lowest BCUT2D eigenvalue weighted by Gasteiger charge is -2.09. The van der Waals surface area contributed by atoms with Crippen molar-refractivity contribution < 1.29 is 9.47 Å².